The lowest BCUT2D eigenvalue weighted by Gasteiger charge is -2.37. The Balaban J connectivity index is 1.60. The number of hydrogen-bond acceptors (Lipinski definition) is 9. The summed E-state index contributed by atoms with van der Waals surface area (Å²) in [6, 6.07) is 8.54. The molecule has 2 aromatic rings. The molecular weight excluding hydrogens is 498 g/mol. The van der Waals surface area contributed by atoms with Gasteiger partial charge in [0.2, 0.25) is 20.0 Å². The molecular formula is C21H29N5O7S2. The number of piperazine rings is 1. The Morgan fingerprint density at radius 1 is 1.11 bits per heavy atom. The van der Waals surface area contributed by atoms with Crippen molar-refractivity contribution in [2.45, 2.75) is 24.5 Å². The number of carbonyl (C=O) groups is 1. The smallest absolute Gasteiger partial charge is 0.262 e. The number of sulfonamides is 2. The first-order valence-electron chi connectivity index (χ1n) is 10.8. The highest BCUT2D eigenvalue weighted by Crippen LogP contribution is 2.18. The van der Waals surface area contributed by atoms with Gasteiger partial charge in [-0.1, -0.05) is 0 Å². The quantitative estimate of drug-likeness (QED) is 0.279. The predicted molar refractivity (Wildman–Crippen MR) is 127 cm³/mol. The summed E-state index contributed by atoms with van der Waals surface area (Å²) in [7, 11) is -7.33. The molecule has 1 fully saturated rings. The summed E-state index contributed by atoms with van der Waals surface area (Å²) in [6.45, 7) is 2.58. The number of nitrogens with one attached hydrogen (secondary N) is 2. The van der Waals surface area contributed by atoms with Gasteiger partial charge in [-0.05, 0) is 48.9 Å². The van der Waals surface area contributed by atoms with Crippen LogP contribution in [0.1, 0.15) is 11.3 Å². The van der Waals surface area contributed by atoms with Gasteiger partial charge in [-0.15, -0.1) is 0 Å². The minimum atomic E-state index is -3.97. The van der Waals surface area contributed by atoms with Gasteiger partial charge >= 0.3 is 0 Å². The van der Waals surface area contributed by atoms with Gasteiger partial charge in [0.15, 0.2) is 0 Å². The van der Waals surface area contributed by atoms with Crippen molar-refractivity contribution >= 4 is 26.0 Å². The standard InChI is InChI=1S/C21H29N5O7S2/c1-16-13-17(7-8-22-16)15-33-18-3-5-19(6-4-18)35(31,32)23-14-20(21(27)24-28)25-9-11-26(12-10-25)34(2,29)30/h3-8,13,20,23,28H,9-12,14-15H2,1-2H3,(H,24,27)/t20-/m0/s1. The second-order valence-electron chi connectivity index (χ2n) is 8.11. The Morgan fingerprint density at radius 2 is 1.77 bits per heavy atom. The van der Waals surface area contributed by atoms with Crippen LogP contribution in [0.4, 0.5) is 0 Å². The fraction of sp³-hybridized carbons (Fsp3) is 0.429. The summed E-state index contributed by atoms with van der Waals surface area (Å²) in [5, 5.41) is 9.12. The highest BCUT2D eigenvalue weighted by molar-refractivity contribution is 7.89. The number of amides is 1. The van der Waals surface area contributed by atoms with Crippen molar-refractivity contribution in [1.29, 1.82) is 0 Å². The topological polar surface area (TPSA) is 158 Å². The van der Waals surface area contributed by atoms with Gasteiger partial charge in [0.05, 0.1) is 11.2 Å². The number of carbonyl (C=O) groups excluding carboxylic acids is 1. The summed E-state index contributed by atoms with van der Waals surface area (Å²) in [4.78, 5) is 17.9. The van der Waals surface area contributed by atoms with E-state index in [1.807, 2.05) is 19.1 Å². The lowest BCUT2D eigenvalue weighted by molar-refractivity contribution is -0.135. The van der Waals surface area contributed by atoms with Gasteiger partial charge in [-0.25, -0.2) is 27.0 Å². The molecule has 1 aliphatic heterocycles. The van der Waals surface area contributed by atoms with Gasteiger partial charge in [0, 0.05) is 44.6 Å². The molecule has 0 saturated carbocycles. The second kappa shape index (κ2) is 11.4. The van der Waals surface area contributed by atoms with Crippen LogP contribution in [-0.4, -0.2) is 87.2 Å². The number of pyridine rings is 1. The van der Waals surface area contributed by atoms with Crippen molar-refractivity contribution in [1.82, 2.24) is 24.4 Å². The Hall–Kier alpha value is -2.62. The fourth-order valence-electron chi connectivity index (χ4n) is 3.66. The number of nitrogens with zero attached hydrogens (tertiary/aromatic N) is 3. The minimum Gasteiger partial charge on any atom is -0.489 e. The van der Waals surface area contributed by atoms with Crippen LogP contribution in [0.5, 0.6) is 5.75 Å². The molecule has 14 heteroatoms. The third-order valence-corrected chi connectivity index (χ3v) is 8.31. The van der Waals surface area contributed by atoms with Crippen LogP contribution in [0.3, 0.4) is 0 Å². The van der Waals surface area contributed by atoms with E-state index in [0.717, 1.165) is 17.5 Å². The summed E-state index contributed by atoms with van der Waals surface area (Å²) in [6.07, 6.45) is 2.79. The van der Waals surface area contributed by atoms with Crippen LogP contribution in [0.25, 0.3) is 0 Å². The van der Waals surface area contributed by atoms with E-state index in [1.165, 1.54) is 28.6 Å². The molecule has 2 heterocycles. The highest BCUT2D eigenvalue weighted by atomic mass is 32.2. The number of aryl methyl sites for hydroxylation is 1. The van der Waals surface area contributed by atoms with E-state index in [0.29, 0.717) is 12.4 Å². The molecule has 0 unspecified atom stereocenters. The number of aromatic nitrogens is 1. The largest absolute Gasteiger partial charge is 0.489 e. The van der Waals surface area contributed by atoms with E-state index in [9.17, 15) is 21.6 Å². The lowest BCUT2D eigenvalue weighted by Crippen LogP contribution is -2.58. The van der Waals surface area contributed by atoms with Crippen LogP contribution in [0.2, 0.25) is 0 Å². The summed E-state index contributed by atoms with van der Waals surface area (Å²) < 4.78 is 58.3. The molecule has 0 bridgehead atoms. The van der Waals surface area contributed by atoms with Crippen molar-refractivity contribution in [3.8, 4) is 5.75 Å². The van der Waals surface area contributed by atoms with Crippen LogP contribution >= 0.6 is 0 Å². The maximum Gasteiger partial charge on any atom is 0.262 e. The van der Waals surface area contributed by atoms with Gasteiger partial charge in [-0.2, -0.15) is 4.31 Å². The second-order valence-corrected chi connectivity index (χ2v) is 11.9. The fourth-order valence-corrected chi connectivity index (χ4v) is 5.52. The van der Waals surface area contributed by atoms with E-state index < -0.39 is 32.0 Å². The Kier molecular flexibility index (Phi) is 8.79. The van der Waals surface area contributed by atoms with E-state index in [1.54, 1.807) is 16.6 Å². The molecule has 1 aliphatic rings. The zero-order chi connectivity index (χ0) is 25.6. The molecule has 12 nitrogen and oxygen atoms in total. The minimum absolute atomic E-state index is 0.0188. The molecule has 1 saturated heterocycles. The molecule has 192 valence electrons. The van der Waals surface area contributed by atoms with Crippen LogP contribution < -0.4 is 14.9 Å². The maximum atomic E-state index is 12.8. The van der Waals surface area contributed by atoms with E-state index in [4.69, 9.17) is 9.94 Å². The van der Waals surface area contributed by atoms with Crippen molar-refractivity contribution in [2.24, 2.45) is 0 Å². The molecule has 1 atom stereocenters. The van der Waals surface area contributed by atoms with Crippen LogP contribution in [0, 0.1) is 6.92 Å². The first-order valence-corrected chi connectivity index (χ1v) is 14.1. The number of ether oxygens (including phenoxy) is 1. The zero-order valence-corrected chi connectivity index (χ0v) is 21.0. The average Bonchev–Trinajstić information content (AvgIpc) is 2.82. The van der Waals surface area contributed by atoms with Crippen molar-refractivity contribution in [3.63, 3.8) is 0 Å². The van der Waals surface area contributed by atoms with Crippen molar-refractivity contribution < 1.29 is 31.6 Å². The Morgan fingerprint density at radius 3 is 2.34 bits per heavy atom. The van der Waals surface area contributed by atoms with E-state index in [2.05, 4.69) is 9.71 Å². The molecule has 1 aromatic heterocycles. The molecule has 0 radical (unpaired) electrons. The molecule has 1 amide bonds. The molecule has 1 aromatic carbocycles. The number of rotatable bonds is 10. The van der Waals surface area contributed by atoms with Crippen LogP contribution in [-0.2, 0) is 31.4 Å². The van der Waals surface area contributed by atoms with Gasteiger partial charge in [0.25, 0.3) is 5.91 Å². The van der Waals surface area contributed by atoms with Crippen molar-refractivity contribution in [2.75, 3.05) is 39.0 Å². The SMILES string of the molecule is Cc1cc(COc2ccc(S(=O)(=O)NC[C@@H](C(=O)NO)N3CCN(S(C)(=O)=O)CC3)cc2)ccn1. The summed E-state index contributed by atoms with van der Waals surface area (Å²) >= 11 is 0. The third kappa shape index (κ3) is 7.43. The number of hydrogen-bond donors (Lipinski definition) is 3. The number of benzene rings is 1. The normalized spacial score (nSPS) is 16.5. The predicted octanol–water partition coefficient (Wildman–Crippen LogP) is -0.301. The molecule has 0 spiro atoms. The van der Waals surface area contributed by atoms with Crippen LogP contribution in [0.15, 0.2) is 47.5 Å². The van der Waals surface area contributed by atoms with E-state index >= 15 is 0 Å². The first-order chi connectivity index (χ1) is 16.5. The average molecular weight is 528 g/mol. The Labute approximate surface area is 205 Å². The van der Waals surface area contributed by atoms with Gasteiger partial charge in [0.1, 0.15) is 18.4 Å². The molecule has 3 rings (SSSR count). The number of hydroxylamine groups is 1. The Bertz CT molecular complexity index is 1230. The van der Waals surface area contributed by atoms with E-state index in [-0.39, 0.29) is 37.6 Å². The summed E-state index contributed by atoms with van der Waals surface area (Å²) in [5.41, 5.74) is 3.35. The lowest BCUT2D eigenvalue weighted by atomic mass is 10.2. The maximum absolute atomic E-state index is 12.8. The van der Waals surface area contributed by atoms with Gasteiger partial charge in [-0.3, -0.25) is 19.9 Å². The third-order valence-electron chi connectivity index (χ3n) is 5.56. The monoisotopic (exact) mass is 527 g/mol. The van der Waals surface area contributed by atoms with Gasteiger partial charge < -0.3 is 4.74 Å². The molecule has 0 aliphatic carbocycles. The first kappa shape index (κ1) is 27.0. The summed E-state index contributed by atoms with van der Waals surface area (Å²) in [5.74, 6) is -0.310. The molecule has 35 heavy (non-hydrogen) atoms. The van der Waals surface area contributed by atoms with Crippen molar-refractivity contribution in [3.05, 3.63) is 53.9 Å². The zero-order valence-electron chi connectivity index (χ0n) is 19.4. The highest BCUT2D eigenvalue weighted by Gasteiger charge is 2.32. The molecule has 3 N–H and O–H groups in total.